The van der Waals surface area contributed by atoms with E-state index in [4.69, 9.17) is 29.6 Å². The SMILES string of the molecule is CC1CCCN1c1cccc(Cl)c1C(N)=S. The Morgan fingerprint density at radius 1 is 1.56 bits per heavy atom. The Balaban J connectivity index is 2.47. The summed E-state index contributed by atoms with van der Waals surface area (Å²) in [7, 11) is 0. The Morgan fingerprint density at radius 3 is 2.88 bits per heavy atom. The molecule has 1 aromatic carbocycles. The van der Waals surface area contributed by atoms with Gasteiger partial charge in [0.1, 0.15) is 4.99 Å². The number of benzene rings is 1. The molecule has 1 unspecified atom stereocenters. The van der Waals surface area contributed by atoms with E-state index >= 15 is 0 Å². The fraction of sp³-hybridized carbons (Fsp3) is 0.417. The van der Waals surface area contributed by atoms with Gasteiger partial charge in [0.2, 0.25) is 0 Å². The van der Waals surface area contributed by atoms with Gasteiger partial charge in [-0.3, -0.25) is 0 Å². The summed E-state index contributed by atoms with van der Waals surface area (Å²) in [6.07, 6.45) is 2.42. The topological polar surface area (TPSA) is 29.3 Å². The maximum absolute atomic E-state index is 6.16. The minimum absolute atomic E-state index is 0.375. The van der Waals surface area contributed by atoms with E-state index in [1.807, 2.05) is 18.2 Å². The zero-order chi connectivity index (χ0) is 11.7. The molecule has 2 rings (SSSR count). The van der Waals surface area contributed by atoms with Gasteiger partial charge in [0, 0.05) is 18.3 Å². The van der Waals surface area contributed by atoms with Crippen LogP contribution < -0.4 is 10.6 Å². The number of anilines is 1. The average molecular weight is 255 g/mol. The van der Waals surface area contributed by atoms with E-state index in [1.165, 1.54) is 12.8 Å². The molecule has 86 valence electrons. The quantitative estimate of drug-likeness (QED) is 0.823. The smallest absolute Gasteiger partial charge is 0.107 e. The van der Waals surface area contributed by atoms with Crippen LogP contribution in [0.25, 0.3) is 0 Å². The van der Waals surface area contributed by atoms with Gasteiger partial charge in [-0.1, -0.05) is 29.9 Å². The van der Waals surface area contributed by atoms with Gasteiger partial charge in [-0.2, -0.15) is 0 Å². The van der Waals surface area contributed by atoms with Crippen molar-refractivity contribution in [2.45, 2.75) is 25.8 Å². The van der Waals surface area contributed by atoms with Crippen LogP contribution in [0.15, 0.2) is 18.2 Å². The number of hydrogen-bond acceptors (Lipinski definition) is 2. The van der Waals surface area contributed by atoms with Crippen molar-refractivity contribution in [2.24, 2.45) is 5.73 Å². The lowest BCUT2D eigenvalue weighted by Gasteiger charge is -2.26. The summed E-state index contributed by atoms with van der Waals surface area (Å²) in [6.45, 7) is 3.27. The Hall–Kier alpha value is -0.800. The third-order valence-electron chi connectivity index (χ3n) is 3.10. The largest absolute Gasteiger partial charge is 0.389 e. The molecule has 2 N–H and O–H groups in total. The molecule has 4 heteroatoms. The van der Waals surface area contributed by atoms with Crippen LogP contribution in [0.1, 0.15) is 25.3 Å². The summed E-state index contributed by atoms with van der Waals surface area (Å²) in [4.78, 5) is 2.71. The van der Waals surface area contributed by atoms with Crippen LogP contribution in [-0.2, 0) is 0 Å². The first-order chi connectivity index (χ1) is 7.61. The molecule has 1 atom stereocenters. The molecule has 1 aromatic rings. The maximum atomic E-state index is 6.16. The molecule has 0 spiro atoms. The van der Waals surface area contributed by atoms with Crippen LogP contribution in [0.3, 0.4) is 0 Å². The highest BCUT2D eigenvalue weighted by atomic mass is 35.5. The van der Waals surface area contributed by atoms with Crippen LogP contribution in [0.4, 0.5) is 5.69 Å². The summed E-state index contributed by atoms with van der Waals surface area (Å²) in [6, 6.07) is 6.36. The minimum atomic E-state index is 0.375. The van der Waals surface area contributed by atoms with Crippen LogP contribution >= 0.6 is 23.8 Å². The molecular formula is C12H15ClN2S. The standard InChI is InChI=1S/C12H15ClN2S/c1-8-4-3-7-15(8)10-6-2-5-9(13)11(10)12(14)16/h2,5-6,8H,3-4,7H2,1H3,(H2,14,16). The zero-order valence-corrected chi connectivity index (χ0v) is 10.8. The monoisotopic (exact) mass is 254 g/mol. The Bertz CT molecular complexity index is 419. The van der Waals surface area contributed by atoms with Gasteiger partial charge in [0.05, 0.1) is 10.6 Å². The fourth-order valence-electron chi connectivity index (χ4n) is 2.29. The Labute approximate surface area is 106 Å². The molecule has 0 aromatic heterocycles. The first kappa shape index (κ1) is 11.7. The number of hydrogen-bond donors (Lipinski definition) is 1. The van der Waals surface area contributed by atoms with Crippen molar-refractivity contribution in [3.05, 3.63) is 28.8 Å². The number of thiocarbonyl (C=S) groups is 1. The lowest BCUT2D eigenvalue weighted by atomic mass is 10.1. The van der Waals surface area contributed by atoms with Gasteiger partial charge in [0.25, 0.3) is 0 Å². The van der Waals surface area contributed by atoms with Crippen LogP contribution in [-0.4, -0.2) is 17.6 Å². The molecule has 0 bridgehead atoms. The highest BCUT2D eigenvalue weighted by molar-refractivity contribution is 7.80. The number of nitrogens with zero attached hydrogens (tertiary/aromatic N) is 1. The molecule has 1 saturated heterocycles. The molecule has 1 fully saturated rings. The van der Waals surface area contributed by atoms with E-state index in [1.54, 1.807) is 0 Å². The van der Waals surface area contributed by atoms with E-state index in [-0.39, 0.29) is 0 Å². The number of halogens is 1. The van der Waals surface area contributed by atoms with Gasteiger partial charge >= 0.3 is 0 Å². The van der Waals surface area contributed by atoms with Crippen LogP contribution in [0.2, 0.25) is 5.02 Å². The predicted molar refractivity (Wildman–Crippen MR) is 73.4 cm³/mol. The fourth-order valence-corrected chi connectivity index (χ4v) is 2.83. The van der Waals surface area contributed by atoms with Crippen LogP contribution in [0, 0.1) is 0 Å². The van der Waals surface area contributed by atoms with Crippen molar-refractivity contribution in [1.82, 2.24) is 0 Å². The zero-order valence-electron chi connectivity index (χ0n) is 9.24. The second kappa shape index (κ2) is 4.60. The van der Waals surface area contributed by atoms with Gasteiger partial charge < -0.3 is 10.6 Å². The molecule has 0 saturated carbocycles. The number of nitrogens with two attached hydrogens (primary N) is 1. The van der Waals surface area contributed by atoms with E-state index in [0.29, 0.717) is 16.1 Å². The second-order valence-corrected chi connectivity index (χ2v) is 5.03. The Morgan fingerprint density at radius 2 is 2.31 bits per heavy atom. The van der Waals surface area contributed by atoms with E-state index in [0.717, 1.165) is 17.8 Å². The highest BCUT2D eigenvalue weighted by Crippen LogP contribution is 2.32. The van der Waals surface area contributed by atoms with Crippen molar-refractivity contribution in [1.29, 1.82) is 0 Å². The van der Waals surface area contributed by atoms with Gasteiger partial charge in [0.15, 0.2) is 0 Å². The molecule has 1 aliphatic rings. The summed E-state index contributed by atoms with van der Waals surface area (Å²) >= 11 is 11.2. The van der Waals surface area contributed by atoms with Gasteiger partial charge in [-0.25, -0.2) is 0 Å². The molecular weight excluding hydrogens is 240 g/mol. The lowest BCUT2D eigenvalue weighted by Crippen LogP contribution is -2.29. The first-order valence-corrected chi connectivity index (χ1v) is 6.25. The lowest BCUT2D eigenvalue weighted by molar-refractivity contribution is 0.735. The average Bonchev–Trinajstić information content (AvgIpc) is 2.63. The van der Waals surface area contributed by atoms with Crippen molar-refractivity contribution in [2.75, 3.05) is 11.4 Å². The van der Waals surface area contributed by atoms with E-state index in [2.05, 4.69) is 11.8 Å². The van der Waals surface area contributed by atoms with Crippen molar-refractivity contribution >= 4 is 34.5 Å². The van der Waals surface area contributed by atoms with Gasteiger partial charge in [-0.15, -0.1) is 0 Å². The summed E-state index contributed by atoms with van der Waals surface area (Å²) < 4.78 is 0. The molecule has 0 aliphatic carbocycles. The van der Waals surface area contributed by atoms with Crippen LogP contribution in [0.5, 0.6) is 0 Å². The highest BCUT2D eigenvalue weighted by Gasteiger charge is 2.24. The summed E-state index contributed by atoms with van der Waals surface area (Å²) in [5.41, 5.74) is 7.64. The van der Waals surface area contributed by atoms with E-state index in [9.17, 15) is 0 Å². The third-order valence-corrected chi connectivity index (χ3v) is 3.62. The van der Waals surface area contributed by atoms with Crippen molar-refractivity contribution in [3.63, 3.8) is 0 Å². The normalized spacial score (nSPS) is 20.1. The molecule has 0 radical (unpaired) electrons. The third kappa shape index (κ3) is 2.02. The molecule has 0 amide bonds. The minimum Gasteiger partial charge on any atom is -0.389 e. The van der Waals surface area contributed by atoms with Gasteiger partial charge in [-0.05, 0) is 31.9 Å². The molecule has 16 heavy (non-hydrogen) atoms. The van der Waals surface area contributed by atoms with Crippen molar-refractivity contribution < 1.29 is 0 Å². The Kier molecular flexibility index (Phi) is 3.36. The molecule has 1 aliphatic heterocycles. The van der Waals surface area contributed by atoms with Crippen molar-refractivity contribution in [3.8, 4) is 0 Å². The maximum Gasteiger partial charge on any atom is 0.107 e. The first-order valence-electron chi connectivity index (χ1n) is 5.46. The molecule has 1 heterocycles. The summed E-state index contributed by atoms with van der Waals surface area (Å²) in [5.74, 6) is 0. The van der Waals surface area contributed by atoms with E-state index < -0.39 is 0 Å². The molecule has 2 nitrogen and oxygen atoms in total. The number of rotatable bonds is 2. The summed E-state index contributed by atoms with van der Waals surface area (Å²) in [5, 5.41) is 0.643. The predicted octanol–water partition coefficient (Wildman–Crippen LogP) is 2.96. The second-order valence-electron chi connectivity index (χ2n) is 4.18.